The van der Waals surface area contributed by atoms with E-state index in [-0.39, 0.29) is 18.9 Å². The van der Waals surface area contributed by atoms with Crippen molar-refractivity contribution in [1.82, 2.24) is 19.7 Å². The molecule has 4 rings (SSSR count). The Morgan fingerprint density at radius 3 is 2.44 bits per heavy atom. The molecule has 0 aliphatic heterocycles. The number of aromatic nitrogens is 4. The quantitative estimate of drug-likeness (QED) is 0.390. The van der Waals surface area contributed by atoms with Crippen molar-refractivity contribution in [3.8, 4) is 11.1 Å². The van der Waals surface area contributed by atoms with Crippen LogP contribution in [-0.2, 0) is 13.0 Å². The number of hydrogen-bond donors (Lipinski definition) is 0. The molecule has 0 radical (unpaired) electrons. The molecule has 10 heteroatoms. The third-order valence-electron chi connectivity index (χ3n) is 5.68. The predicted octanol–water partition coefficient (Wildman–Crippen LogP) is 6.32. The van der Waals surface area contributed by atoms with E-state index >= 15 is 0 Å². The number of benzene rings is 1. The van der Waals surface area contributed by atoms with Crippen LogP contribution in [0.2, 0.25) is 0 Å². The monoisotopic (exact) mass is 478 g/mol. The van der Waals surface area contributed by atoms with E-state index in [9.17, 15) is 26.3 Å². The van der Waals surface area contributed by atoms with E-state index in [1.54, 1.807) is 17.0 Å². The lowest BCUT2D eigenvalue weighted by Gasteiger charge is -2.24. The molecule has 178 valence electrons. The van der Waals surface area contributed by atoms with Gasteiger partial charge in [-0.15, -0.1) is 10.2 Å². The molecule has 4 nitrogen and oxygen atoms in total. The minimum Gasteiger partial charge on any atom is -0.313 e. The van der Waals surface area contributed by atoms with Gasteiger partial charge in [0, 0.05) is 24.4 Å². The van der Waals surface area contributed by atoms with Gasteiger partial charge >= 0.3 is 12.4 Å². The van der Waals surface area contributed by atoms with Crippen molar-refractivity contribution in [1.29, 1.82) is 0 Å². The number of halogens is 6. The van der Waals surface area contributed by atoms with Crippen LogP contribution in [0.5, 0.6) is 0 Å². The minimum atomic E-state index is -4.84. The van der Waals surface area contributed by atoms with Crippen LogP contribution in [0, 0.1) is 5.92 Å². The molecular weight excluding hydrogens is 458 g/mol. The first-order valence-electron chi connectivity index (χ1n) is 10.5. The van der Waals surface area contributed by atoms with Crippen LogP contribution in [0.15, 0.2) is 78.4 Å². The Morgan fingerprint density at radius 1 is 0.971 bits per heavy atom. The van der Waals surface area contributed by atoms with E-state index in [0.717, 1.165) is 22.8 Å². The molecular formula is C24H20F6N4. The smallest absolute Gasteiger partial charge is 0.313 e. The van der Waals surface area contributed by atoms with Crippen LogP contribution in [0.3, 0.4) is 0 Å². The highest BCUT2D eigenvalue weighted by molar-refractivity contribution is 5.66. The van der Waals surface area contributed by atoms with E-state index in [1.807, 2.05) is 36.4 Å². The zero-order valence-electron chi connectivity index (χ0n) is 17.8. The molecule has 1 atom stereocenters. The average Bonchev–Trinajstić information content (AvgIpc) is 3.24. The summed E-state index contributed by atoms with van der Waals surface area (Å²) in [6, 6.07) is 11.5. The molecule has 0 saturated heterocycles. The summed E-state index contributed by atoms with van der Waals surface area (Å²) in [5.74, 6) is -0.436. The second-order valence-electron chi connectivity index (χ2n) is 8.06. The topological polar surface area (TPSA) is 43.6 Å². The zero-order chi connectivity index (χ0) is 24.3. The van der Waals surface area contributed by atoms with Gasteiger partial charge in [0.2, 0.25) is 0 Å². The molecule has 1 aromatic carbocycles. The maximum absolute atomic E-state index is 13.2. The van der Waals surface area contributed by atoms with Gasteiger partial charge in [-0.3, -0.25) is 4.98 Å². The van der Waals surface area contributed by atoms with Crippen molar-refractivity contribution in [3.63, 3.8) is 0 Å². The number of alkyl halides is 6. The highest BCUT2D eigenvalue weighted by Crippen LogP contribution is 2.41. The van der Waals surface area contributed by atoms with Crippen molar-refractivity contribution >= 4 is 0 Å². The first-order valence-corrected chi connectivity index (χ1v) is 10.5. The van der Waals surface area contributed by atoms with E-state index in [2.05, 4.69) is 15.2 Å². The van der Waals surface area contributed by atoms with Crippen molar-refractivity contribution < 1.29 is 26.3 Å². The predicted molar refractivity (Wildman–Crippen MR) is 114 cm³/mol. The van der Waals surface area contributed by atoms with Crippen LogP contribution in [0.25, 0.3) is 11.1 Å². The van der Waals surface area contributed by atoms with Crippen molar-refractivity contribution in [2.24, 2.45) is 5.92 Å². The molecule has 3 aromatic rings. The summed E-state index contributed by atoms with van der Waals surface area (Å²) < 4.78 is 80.8. The van der Waals surface area contributed by atoms with Gasteiger partial charge in [-0.1, -0.05) is 36.4 Å². The SMILES string of the molecule is FC(F)(F)C1=CC(CCc2nncn2Cc2cnccc2-c2ccccc2)CC(C(F)(F)F)=C1. The van der Waals surface area contributed by atoms with Crippen molar-refractivity contribution in [2.45, 2.75) is 38.2 Å². The molecule has 0 saturated carbocycles. The average molecular weight is 478 g/mol. The van der Waals surface area contributed by atoms with E-state index in [4.69, 9.17) is 0 Å². The van der Waals surface area contributed by atoms with Crippen LogP contribution in [-0.4, -0.2) is 32.1 Å². The summed E-state index contributed by atoms with van der Waals surface area (Å²) >= 11 is 0. The molecule has 34 heavy (non-hydrogen) atoms. The fourth-order valence-electron chi connectivity index (χ4n) is 4.00. The summed E-state index contributed by atoms with van der Waals surface area (Å²) in [5.41, 5.74) is 0.402. The Morgan fingerprint density at radius 2 is 1.74 bits per heavy atom. The van der Waals surface area contributed by atoms with Crippen LogP contribution in [0.1, 0.15) is 24.2 Å². The lowest BCUT2D eigenvalue weighted by molar-refractivity contribution is -0.100. The Hall–Kier alpha value is -3.43. The number of allylic oxidation sites excluding steroid dienone is 4. The van der Waals surface area contributed by atoms with Crippen molar-refractivity contribution in [3.05, 3.63) is 89.8 Å². The van der Waals surface area contributed by atoms with Gasteiger partial charge in [-0.05, 0) is 47.6 Å². The second-order valence-corrected chi connectivity index (χ2v) is 8.06. The van der Waals surface area contributed by atoms with Crippen LogP contribution in [0.4, 0.5) is 26.3 Å². The summed E-state index contributed by atoms with van der Waals surface area (Å²) in [6.45, 7) is 0.364. The first-order chi connectivity index (χ1) is 16.1. The van der Waals surface area contributed by atoms with Crippen molar-refractivity contribution in [2.75, 3.05) is 0 Å². The number of aryl methyl sites for hydroxylation is 1. The molecule has 1 aliphatic rings. The van der Waals surface area contributed by atoms with Gasteiger partial charge in [0.1, 0.15) is 12.2 Å². The Bertz CT molecular complexity index is 1190. The zero-order valence-corrected chi connectivity index (χ0v) is 17.8. The van der Waals surface area contributed by atoms with Gasteiger partial charge < -0.3 is 4.57 Å². The standard InChI is InChI=1S/C24H20F6N4/c25-23(26,27)19-10-16(11-20(12-19)24(28,29)30)6-7-22-33-32-15-34(22)14-18-13-31-9-8-21(18)17-4-2-1-3-5-17/h1-5,8-10,12-13,15-16H,6-7,11,14H2. The molecule has 2 aromatic heterocycles. The van der Waals surface area contributed by atoms with Gasteiger partial charge in [0.15, 0.2) is 0 Å². The van der Waals surface area contributed by atoms with E-state index in [0.29, 0.717) is 12.4 Å². The maximum Gasteiger partial charge on any atom is 0.416 e. The van der Waals surface area contributed by atoms with E-state index in [1.165, 1.54) is 6.33 Å². The fourth-order valence-corrected chi connectivity index (χ4v) is 4.00. The summed E-state index contributed by atoms with van der Waals surface area (Å²) in [5, 5.41) is 7.95. The van der Waals surface area contributed by atoms with Gasteiger partial charge in [0.05, 0.1) is 12.1 Å². The Labute approximate surface area is 191 Å². The highest BCUT2D eigenvalue weighted by Gasteiger charge is 2.41. The maximum atomic E-state index is 13.2. The lowest BCUT2D eigenvalue weighted by atomic mass is 9.86. The van der Waals surface area contributed by atoms with Crippen LogP contribution < -0.4 is 0 Å². The molecule has 1 unspecified atom stereocenters. The number of hydrogen-bond acceptors (Lipinski definition) is 3. The number of pyridine rings is 1. The molecule has 2 heterocycles. The summed E-state index contributed by atoms with van der Waals surface area (Å²) in [4.78, 5) is 4.18. The van der Waals surface area contributed by atoms with Crippen LogP contribution >= 0.6 is 0 Å². The molecule has 0 bridgehead atoms. The second kappa shape index (κ2) is 9.44. The van der Waals surface area contributed by atoms with E-state index < -0.39 is 35.8 Å². The number of nitrogens with zero attached hydrogens (tertiary/aromatic N) is 4. The molecule has 0 N–H and O–H groups in total. The fraction of sp³-hybridized carbons (Fsp3) is 0.292. The summed E-state index contributed by atoms with van der Waals surface area (Å²) in [6.07, 6.45) is -3.93. The lowest BCUT2D eigenvalue weighted by Crippen LogP contribution is -2.23. The molecule has 1 aliphatic carbocycles. The summed E-state index contributed by atoms with van der Waals surface area (Å²) in [7, 11) is 0. The molecule has 0 amide bonds. The Kier molecular flexibility index (Phi) is 6.58. The number of rotatable bonds is 6. The van der Waals surface area contributed by atoms with Gasteiger partial charge in [0.25, 0.3) is 0 Å². The molecule has 0 fully saturated rings. The normalized spacial score (nSPS) is 16.8. The van der Waals surface area contributed by atoms with Gasteiger partial charge in [-0.25, -0.2) is 0 Å². The minimum absolute atomic E-state index is 0.0737. The largest absolute Gasteiger partial charge is 0.416 e. The molecule has 0 spiro atoms. The first kappa shape index (κ1) is 23.7. The third kappa shape index (κ3) is 5.55. The third-order valence-corrected chi connectivity index (χ3v) is 5.68. The highest BCUT2D eigenvalue weighted by atomic mass is 19.4. The Balaban J connectivity index is 1.51. The van der Waals surface area contributed by atoms with Gasteiger partial charge in [-0.2, -0.15) is 26.3 Å².